The number of hydrogen-bond donors (Lipinski definition) is 1. The van der Waals surface area contributed by atoms with Crippen molar-refractivity contribution in [3.63, 3.8) is 0 Å². The van der Waals surface area contributed by atoms with Crippen molar-refractivity contribution in [3.05, 3.63) is 71.0 Å². The lowest BCUT2D eigenvalue weighted by molar-refractivity contribution is -0.141. The molecule has 0 radical (unpaired) electrons. The standard InChI is InChI=1S/C23H29FN2O2/c1-5-21(23(28)25-16(2)3)26(15-18-10-12-20(24)13-11-18)22(27)14-19-9-7-6-8-17(19)4/h6-13,16,21H,5,14-15H2,1-4H3,(H,25,28). The van der Waals surface area contributed by atoms with Crippen molar-refractivity contribution in [1.82, 2.24) is 10.2 Å². The molecule has 1 atom stereocenters. The Morgan fingerprint density at radius 2 is 1.71 bits per heavy atom. The molecule has 0 saturated heterocycles. The predicted molar refractivity (Wildman–Crippen MR) is 109 cm³/mol. The lowest BCUT2D eigenvalue weighted by Gasteiger charge is -2.31. The first-order chi connectivity index (χ1) is 13.3. The van der Waals surface area contributed by atoms with Gasteiger partial charge >= 0.3 is 0 Å². The van der Waals surface area contributed by atoms with Gasteiger partial charge in [-0.3, -0.25) is 9.59 Å². The van der Waals surface area contributed by atoms with Gasteiger partial charge in [-0.25, -0.2) is 4.39 Å². The molecule has 0 aliphatic heterocycles. The number of nitrogens with one attached hydrogen (secondary N) is 1. The van der Waals surface area contributed by atoms with Gasteiger partial charge in [0.1, 0.15) is 11.9 Å². The molecule has 4 nitrogen and oxygen atoms in total. The van der Waals surface area contributed by atoms with E-state index in [9.17, 15) is 14.0 Å². The summed E-state index contributed by atoms with van der Waals surface area (Å²) in [5, 5.41) is 2.91. The number of benzene rings is 2. The Hall–Kier alpha value is -2.69. The zero-order valence-corrected chi connectivity index (χ0v) is 17.0. The summed E-state index contributed by atoms with van der Waals surface area (Å²) in [7, 11) is 0. The highest BCUT2D eigenvalue weighted by Gasteiger charge is 2.29. The van der Waals surface area contributed by atoms with E-state index in [4.69, 9.17) is 0 Å². The third kappa shape index (κ3) is 5.91. The van der Waals surface area contributed by atoms with Crippen LogP contribution in [0, 0.1) is 12.7 Å². The maximum atomic E-state index is 13.3. The molecule has 0 spiro atoms. The first-order valence-electron chi connectivity index (χ1n) is 9.70. The average Bonchev–Trinajstić information content (AvgIpc) is 2.64. The zero-order valence-electron chi connectivity index (χ0n) is 17.0. The molecular formula is C23H29FN2O2. The summed E-state index contributed by atoms with van der Waals surface area (Å²) in [4.78, 5) is 27.5. The number of carbonyl (C=O) groups is 2. The minimum atomic E-state index is -0.580. The number of hydrogen-bond acceptors (Lipinski definition) is 2. The highest BCUT2D eigenvalue weighted by molar-refractivity contribution is 5.88. The van der Waals surface area contributed by atoms with E-state index in [0.29, 0.717) is 6.42 Å². The second-order valence-corrected chi connectivity index (χ2v) is 7.34. The van der Waals surface area contributed by atoms with Gasteiger partial charge < -0.3 is 10.2 Å². The molecule has 2 rings (SSSR count). The van der Waals surface area contributed by atoms with Crippen LogP contribution in [0.2, 0.25) is 0 Å². The van der Waals surface area contributed by atoms with Gasteiger partial charge in [-0.2, -0.15) is 0 Å². The maximum Gasteiger partial charge on any atom is 0.243 e. The van der Waals surface area contributed by atoms with E-state index in [-0.39, 0.29) is 36.6 Å². The molecule has 150 valence electrons. The van der Waals surface area contributed by atoms with Crippen LogP contribution in [0.5, 0.6) is 0 Å². The molecule has 5 heteroatoms. The van der Waals surface area contributed by atoms with E-state index in [2.05, 4.69) is 5.32 Å². The van der Waals surface area contributed by atoms with Gasteiger partial charge in [0.05, 0.1) is 6.42 Å². The van der Waals surface area contributed by atoms with Gasteiger partial charge in [0.25, 0.3) is 0 Å². The molecular weight excluding hydrogens is 355 g/mol. The van der Waals surface area contributed by atoms with E-state index in [1.54, 1.807) is 17.0 Å². The first kappa shape index (κ1) is 21.6. The Bertz CT molecular complexity index is 803. The van der Waals surface area contributed by atoms with E-state index in [0.717, 1.165) is 16.7 Å². The third-order valence-corrected chi connectivity index (χ3v) is 4.69. The molecule has 2 amide bonds. The van der Waals surface area contributed by atoms with Crippen molar-refractivity contribution in [2.75, 3.05) is 0 Å². The second kappa shape index (κ2) is 10.0. The lowest BCUT2D eigenvalue weighted by atomic mass is 10.0. The number of amides is 2. The highest BCUT2D eigenvalue weighted by Crippen LogP contribution is 2.16. The van der Waals surface area contributed by atoms with Crippen LogP contribution in [0.3, 0.4) is 0 Å². The average molecular weight is 384 g/mol. The Morgan fingerprint density at radius 1 is 1.07 bits per heavy atom. The van der Waals surface area contributed by atoms with Gasteiger partial charge in [-0.05, 0) is 56.0 Å². The second-order valence-electron chi connectivity index (χ2n) is 7.34. The predicted octanol–water partition coefficient (Wildman–Crippen LogP) is 4.01. The van der Waals surface area contributed by atoms with Gasteiger partial charge in [-0.1, -0.05) is 43.3 Å². The minimum Gasteiger partial charge on any atom is -0.352 e. The summed E-state index contributed by atoms with van der Waals surface area (Å²) in [5.41, 5.74) is 2.77. The molecule has 0 bridgehead atoms. The van der Waals surface area contributed by atoms with Crippen molar-refractivity contribution in [3.8, 4) is 0 Å². The van der Waals surface area contributed by atoms with Crippen LogP contribution in [0.1, 0.15) is 43.9 Å². The lowest BCUT2D eigenvalue weighted by Crippen LogP contribution is -2.50. The van der Waals surface area contributed by atoms with Crippen LogP contribution >= 0.6 is 0 Å². The Morgan fingerprint density at radius 3 is 2.29 bits per heavy atom. The SMILES string of the molecule is CCC(C(=O)NC(C)C)N(Cc1ccc(F)cc1)C(=O)Cc1ccccc1C. The molecule has 0 aromatic heterocycles. The van der Waals surface area contributed by atoms with E-state index in [1.165, 1.54) is 12.1 Å². The monoisotopic (exact) mass is 384 g/mol. The normalized spacial score (nSPS) is 11.9. The van der Waals surface area contributed by atoms with Crippen molar-refractivity contribution < 1.29 is 14.0 Å². The van der Waals surface area contributed by atoms with E-state index >= 15 is 0 Å². The van der Waals surface area contributed by atoms with Crippen LogP contribution in [-0.4, -0.2) is 28.8 Å². The number of rotatable bonds is 8. The van der Waals surface area contributed by atoms with Crippen molar-refractivity contribution >= 4 is 11.8 Å². The fraction of sp³-hybridized carbons (Fsp3) is 0.391. The Balaban J connectivity index is 2.30. The van der Waals surface area contributed by atoms with E-state index < -0.39 is 6.04 Å². The summed E-state index contributed by atoms with van der Waals surface area (Å²) in [6.45, 7) is 7.90. The molecule has 0 aliphatic rings. The van der Waals surface area contributed by atoms with Crippen LogP contribution in [-0.2, 0) is 22.6 Å². The molecule has 0 saturated carbocycles. The fourth-order valence-corrected chi connectivity index (χ4v) is 3.16. The van der Waals surface area contributed by atoms with Crippen LogP contribution in [0.15, 0.2) is 48.5 Å². The molecule has 0 fully saturated rings. The summed E-state index contributed by atoms with van der Waals surface area (Å²) in [5.74, 6) is -0.617. The highest BCUT2D eigenvalue weighted by atomic mass is 19.1. The van der Waals surface area contributed by atoms with Crippen LogP contribution in [0.25, 0.3) is 0 Å². The minimum absolute atomic E-state index is 0.0132. The van der Waals surface area contributed by atoms with E-state index in [1.807, 2.05) is 52.0 Å². The number of nitrogens with zero attached hydrogens (tertiary/aromatic N) is 1. The molecule has 2 aromatic carbocycles. The number of halogens is 1. The largest absolute Gasteiger partial charge is 0.352 e. The molecule has 28 heavy (non-hydrogen) atoms. The van der Waals surface area contributed by atoms with Gasteiger partial charge in [0.15, 0.2) is 0 Å². The summed E-state index contributed by atoms with van der Waals surface area (Å²) in [6, 6.07) is 13.2. The third-order valence-electron chi connectivity index (χ3n) is 4.69. The first-order valence-corrected chi connectivity index (χ1v) is 9.70. The summed E-state index contributed by atoms with van der Waals surface area (Å²) >= 11 is 0. The number of carbonyl (C=O) groups excluding carboxylic acids is 2. The van der Waals surface area contributed by atoms with Crippen LogP contribution < -0.4 is 5.32 Å². The molecule has 1 unspecified atom stereocenters. The van der Waals surface area contributed by atoms with Crippen molar-refractivity contribution in [2.45, 2.75) is 59.2 Å². The smallest absolute Gasteiger partial charge is 0.243 e. The van der Waals surface area contributed by atoms with Crippen molar-refractivity contribution in [1.29, 1.82) is 0 Å². The summed E-state index contributed by atoms with van der Waals surface area (Å²) in [6.07, 6.45) is 0.721. The van der Waals surface area contributed by atoms with Crippen LogP contribution in [0.4, 0.5) is 4.39 Å². The zero-order chi connectivity index (χ0) is 20.7. The molecule has 0 heterocycles. The van der Waals surface area contributed by atoms with Gasteiger partial charge in [-0.15, -0.1) is 0 Å². The topological polar surface area (TPSA) is 49.4 Å². The van der Waals surface area contributed by atoms with Gasteiger partial charge in [0, 0.05) is 12.6 Å². The number of aryl methyl sites for hydroxylation is 1. The molecule has 1 N–H and O–H groups in total. The maximum absolute atomic E-state index is 13.3. The summed E-state index contributed by atoms with van der Waals surface area (Å²) < 4.78 is 13.3. The molecule has 2 aromatic rings. The Labute approximate surface area is 166 Å². The van der Waals surface area contributed by atoms with Gasteiger partial charge in [0.2, 0.25) is 11.8 Å². The quantitative estimate of drug-likeness (QED) is 0.748. The fourth-order valence-electron chi connectivity index (χ4n) is 3.16. The van der Waals surface area contributed by atoms with Crippen molar-refractivity contribution in [2.24, 2.45) is 0 Å². The molecule has 0 aliphatic carbocycles. The Kier molecular flexibility index (Phi) is 7.73.